The van der Waals surface area contributed by atoms with Crippen molar-refractivity contribution in [2.75, 3.05) is 26.4 Å². The third-order valence-electron chi connectivity index (χ3n) is 3.95. The van der Waals surface area contributed by atoms with Gasteiger partial charge in [0.2, 0.25) is 0 Å². The van der Waals surface area contributed by atoms with Gasteiger partial charge in [0.1, 0.15) is 0 Å². The van der Waals surface area contributed by atoms with Crippen LogP contribution in [-0.2, 0) is 13.3 Å². The Balaban J connectivity index is 4.77. The van der Waals surface area contributed by atoms with Gasteiger partial charge in [0.25, 0.3) is 0 Å². The van der Waals surface area contributed by atoms with E-state index in [1.165, 1.54) is 32.1 Å². The zero-order valence-electron chi connectivity index (χ0n) is 15.4. The van der Waals surface area contributed by atoms with Crippen LogP contribution in [0.25, 0.3) is 0 Å². The van der Waals surface area contributed by atoms with Crippen LogP contribution in [0.15, 0.2) is 0 Å². The lowest BCUT2D eigenvalue weighted by molar-refractivity contribution is 0.0581. The number of hydrogen-bond acceptors (Lipinski definition) is 4. The first-order valence-corrected chi connectivity index (χ1v) is 11.1. The molecular formula is C17H39NO3Si. The SMILES string of the molecule is CCCCCCCC(CCCN)[Si](OCC)(OCC)OCC. The molecule has 0 amide bonds. The summed E-state index contributed by atoms with van der Waals surface area (Å²) in [6.07, 6.45) is 9.67. The van der Waals surface area contributed by atoms with E-state index in [4.69, 9.17) is 19.0 Å². The average molecular weight is 334 g/mol. The standard InChI is InChI=1S/C17H39NO3Si/c1-5-9-10-11-12-14-17(15-13-16-18)22(19-6-2,20-7-3)21-8-4/h17H,5-16,18H2,1-4H3. The normalized spacial score (nSPS) is 13.5. The van der Waals surface area contributed by atoms with Gasteiger partial charge in [-0.2, -0.15) is 0 Å². The van der Waals surface area contributed by atoms with Crippen molar-refractivity contribution in [2.24, 2.45) is 5.73 Å². The molecule has 134 valence electrons. The lowest BCUT2D eigenvalue weighted by Crippen LogP contribution is -2.50. The molecule has 0 aliphatic carbocycles. The van der Waals surface area contributed by atoms with E-state index in [0.29, 0.717) is 25.4 Å². The maximum absolute atomic E-state index is 6.10. The van der Waals surface area contributed by atoms with Crippen molar-refractivity contribution in [1.82, 2.24) is 0 Å². The minimum absolute atomic E-state index is 0.387. The van der Waals surface area contributed by atoms with Gasteiger partial charge in [0, 0.05) is 25.4 Å². The zero-order valence-corrected chi connectivity index (χ0v) is 16.4. The fourth-order valence-electron chi connectivity index (χ4n) is 2.94. The predicted molar refractivity (Wildman–Crippen MR) is 96.0 cm³/mol. The van der Waals surface area contributed by atoms with Crippen LogP contribution in [0.1, 0.15) is 79.1 Å². The largest absolute Gasteiger partial charge is 0.504 e. The predicted octanol–water partition coefficient (Wildman–Crippen LogP) is 4.50. The van der Waals surface area contributed by atoms with Gasteiger partial charge in [-0.1, -0.05) is 39.0 Å². The average Bonchev–Trinajstić information content (AvgIpc) is 2.50. The van der Waals surface area contributed by atoms with Gasteiger partial charge in [-0.05, 0) is 46.6 Å². The highest BCUT2D eigenvalue weighted by Gasteiger charge is 2.48. The van der Waals surface area contributed by atoms with E-state index in [9.17, 15) is 0 Å². The molecule has 2 N–H and O–H groups in total. The Hall–Kier alpha value is 0.0569. The summed E-state index contributed by atoms with van der Waals surface area (Å²) in [7, 11) is -2.59. The molecule has 0 saturated carbocycles. The van der Waals surface area contributed by atoms with Crippen LogP contribution in [0, 0.1) is 0 Å². The fourth-order valence-corrected chi connectivity index (χ4v) is 6.22. The minimum Gasteiger partial charge on any atom is -0.374 e. The van der Waals surface area contributed by atoms with Crippen molar-refractivity contribution in [3.63, 3.8) is 0 Å². The second-order valence-electron chi connectivity index (χ2n) is 5.73. The Morgan fingerprint density at radius 2 is 1.23 bits per heavy atom. The summed E-state index contributed by atoms with van der Waals surface area (Å²) in [6.45, 7) is 11.0. The van der Waals surface area contributed by atoms with Crippen LogP contribution < -0.4 is 5.73 Å². The molecule has 0 rings (SSSR count). The Bertz CT molecular complexity index is 225. The molecule has 0 aliphatic rings. The first-order valence-electron chi connectivity index (χ1n) is 9.32. The summed E-state index contributed by atoms with van der Waals surface area (Å²) < 4.78 is 18.3. The zero-order chi connectivity index (χ0) is 16.7. The van der Waals surface area contributed by atoms with Crippen molar-refractivity contribution in [1.29, 1.82) is 0 Å². The Kier molecular flexibility index (Phi) is 14.7. The van der Waals surface area contributed by atoms with Gasteiger partial charge in [0.15, 0.2) is 0 Å². The summed E-state index contributed by atoms with van der Waals surface area (Å²) in [5.41, 5.74) is 6.12. The molecule has 0 radical (unpaired) electrons. The van der Waals surface area contributed by atoms with Crippen molar-refractivity contribution in [3.8, 4) is 0 Å². The molecule has 0 aromatic rings. The quantitative estimate of drug-likeness (QED) is 0.334. The second kappa shape index (κ2) is 14.6. The molecule has 0 spiro atoms. The van der Waals surface area contributed by atoms with Crippen molar-refractivity contribution >= 4 is 8.80 Å². The van der Waals surface area contributed by atoms with E-state index >= 15 is 0 Å². The van der Waals surface area contributed by atoms with Crippen LogP contribution >= 0.6 is 0 Å². The molecule has 4 nitrogen and oxygen atoms in total. The van der Waals surface area contributed by atoms with Crippen molar-refractivity contribution in [3.05, 3.63) is 0 Å². The van der Waals surface area contributed by atoms with Gasteiger partial charge >= 0.3 is 8.80 Å². The van der Waals surface area contributed by atoms with Crippen molar-refractivity contribution in [2.45, 2.75) is 84.6 Å². The van der Waals surface area contributed by atoms with Gasteiger partial charge in [-0.3, -0.25) is 0 Å². The van der Waals surface area contributed by atoms with E-state index < -0.39 is 8.80 Å². The first kappa shape index (κ1) is 22.1. The van der Waals surface area contributed by atoms with Gasteiger partial charge < -0.3 is 19.0 Å². The molecular weight excluding hydrogens is 294 g/mol. The summed E-state index contributed by atoms with van der Waals surface area (Å²) in [4.78, 5) is 0. The summed E-state index contributed by atoms with van der Waals surface area (Å²) in [5.74, 6) is 0. The fraction of sp³-hybridized carbons (Fsp3) is 1.00. The molecule has 0 saturated heterocycles. The summed E-state index contributed by atoms with van der Waals surface area (Å²) in [6, 6.07) is 0. The van der Waals surface area contributed by atoms with Crippen LogP contribution in [0.5, 0.6) is 0 Å². The monoisotopic (exact) mass is 333 g/mol. The third kappa shape index (κ3) is 8.63. The van der Waals surface area contributed by atoms with Gasteiger partial charge in [-0.25, -0.2) is 0 Å². The van der Waals surface area contributed by atoms with Gasteiger partial charge in [-0.15, -0.1) is 0 Å². The lowest BCUT2D eigenvalue weighted by atomic mass is 10.1. The second-order valence-corrected chi connectivity index (χ2v) is 8.62. The van der Waals surface area contributed by atoms with Gasteiger partial charge in [0.05, 0.1) is 0 Å². The molecule has 0 fully saturated rings. The van der Waals surface area contributed by atoms with Crippen LogP contribution in [0.2, 0.25) is 5.54 Å². The molecule has 5 heteroatoms. The Morgan fingerprint density at radius 1 is 0.727 bits per heavy atom. The highest BCUT2D eigenvalue weighted by molar-refractivity contribution is 6.62. The van der Waals surface area contributed by atoms with E-state index in [-0.39, 0.29) is 0 Å². The summed E-state index contributed by atoms with van der Waals surface area (Å²) >= 11 is 0. The molecule has 0 aromatic carbocycles. The minimum atomic E-state index is -2.59. The smallest absolute Gasteiger partial charge is 0.374 e. The third-order valence-corrected chi connectivity index (χ3v) is 7.60. The molecule has 0 aliphatic heterocycles. The van der Waals surface area contributed by atoms with E-state index in [0.717, 1.165) is 25.8 Å². The number of unbranched alkanes of at least 4 members (excludes halogenated alkanes) is 4. The topological polar surface area (TPSA) is 53.7 Å². The van der Waals surface area contributed by atoms with Crippen LogP contribution in [0.4, 0.5) is 0 Å². The number of nitrogens with two attached hydrogens (primary N) is 1. The Labute approximate surface area is 139 Å². The summed E-state index contributed by atoms with van der Waals surface area (Å²) in [5, 5.41) is 0. The molecule has 22 heavy (non-hydrogen) atoms. The maximum atomic E-state index is 6.10. The highest BCUT2D eigenvalue weighted by atomic mass is 28.4. The van der Waals surface area contributed by atoms with E-state index in [1.807, 2.05) is 20.8 Å². The van der Waals surface area contributed by atoms with Crippen LogP contribution in [0.3, 0.4) is 0 Å². The number of rotatable bonds is 16. The molecule has 0 bridgehead atoms. The molecule has 0 heterocycles. The maximum Gasteiger partial charge on any atom is 0.504 e. The first-order chi connectivity index (χ1) is 10.7. The van der Waals surface area contributed by atoms with Crippen LogP contribution in [-0.4, -0.2) is 35.2 Å². The number of hydrogen-bond donors (Lipinski definition) is 1. The lowest BCUT2D eigenvalue weighted by Gasteiger charge is -2.35. The molecule has 1 atom stereocenters. The van der Waals surface area contributed by atoms with E-state index in [1.54, 1.807) is 0 Å². The Morgan fingerprint density at radius 3 is 1.68 bits per heavy atom. The highest BCUT2D eigenvalue weighted by Crippen LogP contribution is 2.35. The molecule has 1 unspecified atom stereocenters. The molecule has 0 aromatic heterocycles. The van der Waals surface area contributed by atoms with E-state index in [2.05, 4.69) is 6.92 Å². The van der Waals surface area contributed by atoms with Crippen molar-refractivity contribution < 1.29 is 13.3 Å².